The monoisotopic (exact) mass is 386 g/mol. The SMILES string of the molecule is CC(C)(C)OC(=O)NCC(C)(NC(=O)CCn1cnc2ccccc21)C1CC1. The van der Waals surface area contributed by atoms with Crippen LogP contribution in [0.4, 0.5) is 4.79 Å². The molecule has 1 aliphatic rings. The van der Waals surface area contributed by atoms with E-state index in [1.807, 2.05) is 56.5 Å². The van der Waals surface area contributed by atoms with Gasteiger partial charge in [-0.3, -0.25) is 4.79 Å². The first-order chi connectivity index (χ1) is 13.2. The Kier molecular flexibility index (Phi) is 5.63. The van der Waals surface area contributed by atoms with Crippen LogP contribution < -0.4 is 10.6 Å². The number of hydrogen-bond acceptors (Lipinski definition) is 4. The van der Waals surface area contributed by atoms with Gasteiger partial charge in [0.1, 0.15) is 5.60 Å². The van der Waals surface area contributed by atoms with Gasteiger partial charge in [-0.15, -0.1) is 0 Å². The molecule has 7 heteroatoms. The summed E-state index contributed by atoms with van der Waals surface area (Å²) in [5, 5.41) is 5.95. The van der Waals surface area contributed by atoms with Crippen molar-refractivity contribution in [2.45, 2.75) is 64.6 Å². The van der Waals surface area contributed by atoms with Crippen LogP contribution in [-0.2, 0) is 16.1 Å². The van der Waals surface area contributed by atoms with Crippen LogP contribution in [0, 0.1) is 5.92 Å². The lowest BCUT2D eigenvalue weighted by Gasteiger charge is -2.32. The van der Waals surface area contributed by atoms with Crippen molar-refractivity contribution in [3.8, 4) is 0 Å². The van der Waals surface area contributed by atoms with Gasteiger partial charge in [-0.2, -0.15) is 0 Å². The minimum absolute atomic E-state index is 0.0295. The molecule has 1 unspecified atom stereocenters. The van der Waals surface area contributed by atoms with Gasteiger partial charge in [0.2, 0.25) is 5.91 Å². The molecular formula is C21H30N4O3. The van der Waals surface area contributed by atoms with Gasteiger partial charge in [-0.05, 0) is 58.6 Å². The number of imidazole rings is 1. The number of alkyl carbamates (subject to hydrolysis) is 1. The first-order valence-electron chi connectivity index (χ1n) is 9.84. The molecule has 7 nitrogen and oxygen atoms in total. The highest BCUT2D eigenvalue weighted by molar-refractivity contribution is 5.78. The number of aromatic nitrogens is 2. The topological polar surface area (TPSA) is 85.3 Å². The number of nitrogens with zero attached hydrogens (tertiary/aromatic N) is 2. The molecule has 1 aliphatic carbocycles. The molecule has 2 N–H and O–H groups in total. The zero-order valence-electron chi connectivity index (χ0n) is 17.1. The van der Waals surface area contributed by atoms with Crippen molar-refractivity contribution in [3.63, 3.8) is 0 Å². The lowest BCUT2D eigenvalue weighted by atomic mass is 9.95. The Labute approximate surface area is 165 Å². The Balaban J connectivity index is 1.54. The summed E-state index contributed by atoms with van der Waals surface area (Å²) < 4.78 is 7.29. The van der Waals surface area contributed by atoms with E-state index < -0.39 is 17.2 Å². The summed E-state index contributed by atoms with van der Waals surface area (Å²) in [5.74, 6) is 0.346. The average Bonchev–Trinajstić information content (AvgIpc) is 3.39. The summed E-state index contributed by atoms with van der Waals surface area (Å²) in [5.41, 5.74) is 0.932. The minimum atomic E-state index is -0.545. The molecule has 3 rings (SSSR count). The summed E-state index contributed by atoms with van der Waals surface area (Å²) in [6.45, 7) is 8.39. The molecule has 0 aliphatic heterocycles. The molecule has 0 saturated heterocycles. The predicted molar refractivity (Wildman–Crippen MR) is 108 cm³/mol. The number of rotatable bonds is 7. The van der Waals surface area contributed by atoms with E-state index in [4.69, 9.17) is 4.74 Å². The number of carbonyl (C=O) groups excluding carboxylic acids is 2. The Morgan fingerprint density at radius 2 is 1.93 bits per heavy atom. The maximum atomic E-state index is 12.6. The molecule has 2 amide bonds. The van der Waals surface area contributed by atoms with Gasteiger partial charge in [0, 0.05) is 19.5 Å². The standard InChI is InChI=1S/C21H30N4O3/c1-20(2,3)28-19(27)22-13-21(4,15-9-10-15)24-18(26)11-12-25-14-23-16-7-5-6-8-17(16)25/h5-8,14-15H,9-13H2,1-4H3,(H,22,27)(H,24,26). The minimum Gasteiger partial charge on any atom is -0.444 e. The second kappa shape index (κ2) is 7.81. The molecule has 28 heavy (non-hydrogen) atoms. The number of para-hydroxylation sites is 2. The molecule has 1 aromatic heterocycles. The van der Waals surface area contributed by atoms with E-state index in [1.54, 1.807) is 6.33 Å². The summed E-state index contributed by atoms with van der Waals surface area (Å²) >= 11 is 0. The molecule has 1 fully saturated rings. The number of amides is 2. The summed E-state index contributed by atoms with van der Waals surface area (Å²) in [6, 6.07) is 7.87. The molecular weight excluding hydrogens is 356 g/mol. The van der Waals surface area contributed by atoms with Crippen molar-refractivity contribution >= 4 is 23.0 Å². The summed E-state index contributed by atoms with van der Waals surface area (Å²) in [7, 11) is 0. The molecule has 0 radical (unpaired) electrons. The molecule has 1 atom stereocenters. The third-order valence-electron chi connectivity index (χ3n) is 5.01. The van der Waals surface area contributed by atoms with E-state index in [9.17, 15) is 9.59 Å². The second-order valence-electron chi connectivity index (χ2n) is 8.77. The highest BCUT2D eigenvalue weighted by Gasteiger charge is 2.42. The van der Waals surface area contributed by atoms with E-state index in [1.165, 1.54) is 0 Å². The summed E-state index contributed by atoms with van der Waals surface area (Å²) in [4.78, 5) is 28.9. The van der Waals surface area contributed by atoms with Gasteiger partial charge in [-0.1, -0.05) is 12.1 Å². The van der Waals surface area contributed by atoms with E-state index in [0.717, 1.165) is 23.9 Å². The zero-order chi connectivity index (χ0) is 20.4. The van der Waals surface area contributed by atoms with Gasteiger partial charge in [0.25, 0.3) is 0 Å². The van der Waals surface area contributed by atoms with E-state index in [-0.39, 0.29) is 5.91 Å². The largest absolute Gasteiger partial charge is 0.444 e. The van der Waals surface area contributed by atoms with Crippen molar-refractivity contribution in [3.05, 3.63) is 30.6 Å². The number of benzene rings is 1. The van der Waals surface area contributed by atoms with Crippen molar-refractivity contribution in [2.24, 2.45) is 5.92 Å². The van der Waals surface area contributed by atoms with Gasteiger partial charge in [0.05, 0.1) is 22.9 Å². The van der Waals surface area contributed by atoms with Crippen LogP contribution in [0.3, 0.4) is 0 Å². The predicted octanol–water partition coefficient (Wildman–Crippen LogP) is 3.24. The third kappa shape index (κ3) is 5.24. The molecule has 0 spiro atoms. The Bertz CT molecular complexity index is 851. The maximum Gasteiger partial charge on any atom is 0.407 e. The smallest absolute Gasteiger partial charge is 0.407 e. The number of carbonyl (C=O) groups is 2. The van der Waals surface area contributed by atoms with Crippen LogP contribution in [0.1, 0.15) is 47.0 Å². The number of nitrogens with one attached hydrogen (secondary N) is 2. The Morgan fingerprint density at radius 3 is 2.61 bits per heavy atom. The number of hydrogen-bond donors (Lipinski definition) is 2. The van der Waals surface area contributed by atoms with E-state index in [0.29, 0.717) is 25.4 Å². The summed E-state index contributed by atoms with van der Waals surface area (Å²) in [6.07, 6.45) is 3.77. The van der Waals surface area contributed by atoms with Crippen LogP contribution in [0.25, 0.3) is 11.0 Å². The average molecular weight is 386 g/mol. The second-order valence-corrected chi connectivity index (χ2v) is 8.77. The van der Waals surface area contributed by atoms with Gasteiger partial charge in [0.15, 0.2) is 0 Å². The van der Waals surface area contributed by atoms with Crippen LogP contribution in [-0.4, -0.2) is 39.2 Å². The van der Waals surface area contributed by atoms with Crippen molar-refractivity contribution < 1.29 is 14.3 Å². The first kappa shape index (κ1) is 20.2. The molecule has 152 valence electrons. The number of aryl methyl sites for hydroxylation is 1. The van der Waals surface area contributed by atoms with E-state index >= 15 is 0 Å². The normalized spacial score (nSPS) is 16.4. The van der Waals surface area contributed by atoms with E-state index in [2.05, 4.69) is 15.6 Å². The van der Waals surface area contributed by atoms with Crippen LogP contribution in [0.5, 0.6) is 0 Å². The van der Waals surface area contributed by atoms with Gasteiger partial charge < -0.3 is 19.9 Å². The quantitative estimate of drug-likeness (QED) is 0.765. The van der Waals surface area contributed by atoms with Crippen molar-refractivity contribution in [1.29, 1.82) is 0 Å². The lowest BCUT2D eigenvalue weighted by molar-refractivity contribution is -0.123. The molecule has 1 saturated carbocycles. The van der Waals surface area contributed by atoms with Crippen LogP contribution in [0.2, 0.25) is 0 Å². The highest BCUT2D eigenvalue weighted by atomic mass is 16.6. The van der Waals surface area contributed by atoms with Gasteiger partial charge in [-0.25, -0.2) is 9.78 Å². The zero-order valence-corrected chi connectivity index (χ0v) is 17.1. The van der Waals surface area contributed by atoms with Crippen LogP contribution in [0.15, 0.2) is 30.6 Å². The van der Waals surface area contributed by atoms with Crippen LogP contribution >= 0.6 is 0 Å². The molecule has 2 aromatic rings. The van der Waals surface area contributed by atoms with Gasteiger partial charge >= 0.3 is 6.09 Å². The molecule has 1 aromatic carbocycles. The first-order valence-corrected chi connectivity index (χ1v) is 9.84. The fraction of sp³-hybridized carbons (Fsp3) is 0.571. The lowest BCUT2D eigenvalue weighted by Crippen LogP contribution is -2.55. The number of ether oxygens (including phenoxy) is 1. The highest BCUT2D eigenvalue weighted by Crippen LogP contribution is 2.39. The number of fused-ring (bicyclic) bond motifs is 1. The van der Waals surface area contributed by atoms with Crippen molar-refractivity contribution in [2.75, 3.05) is 6.54 Å². The fourth-order valence-electron chi connectivity index (χ4n) is 3.37. The maximum absolute atomic E-state index is 12.6. The molecule has 1 heterocycles. The Hall–Kier alpha value is -2.57. The Morgan fingerprint density at radius 1 is 1.21 bits per heavy atom. The molecule has 0 bridgehead atoms. The fourth-order valence-corrected chi connectivity index (χ4v) is 3.37. The third-order valence-corrected chi connectivity index (χ3v) is 5.01. The van der Waals surface area contributed by atoms with Crippen molar-refractivity contribution in [1.82, 2.24) is 20.2 Å².